The van der Waals surface area contributed by atoms with Crippen LogP contribution in [-0.4, -0.2) is 57.7 Å². The van der Waals surface area contributed by atoms with E-state index in [1.807, 2.05) is 30.3 Å². The fourth-order valence-electron chi connectivity index (χ4n) is 4.54. The van der Waals surface area contributed by atoms with Gasteiger partial charge in [0.25, 0.3) is 15.7 Å². The fourth-order valence-corrected chi connectivity index (χ4v) is 5.83. The molecule has 3 aromatic carbocycles. The first-order valence-electron chi connectivity index (χ1n) is 14.0. The van der Waals surface area contributed by atoms with E-state index >= 15 is 0 Å². The summed E-state index contributed by atoms with van der Waals surface area (Å²) in [5.74, 6) is 0.0410. The van der Waals surface area contributed by atoms with Gasteiger partial charge in [-0.3, -0.25) is 9.42 Å². The standard InChI is InChI=1S/C31H31N3O10S/c1-40-26-19-22-18-24(28(35)32-15-8-12-21-10-4-2-5-11-21)31(36)43-25(22)20-27(26)41-16-9-17-42-29-30(34(37)44-33-29)45(38,39)23-13-6-3-7-14-23/h2-7,10-11,13-14,18-20,31,36H,8-9,12,15-17H2,1H3,(H,32,35). The Kier molecular flexibility index (Phi) is 9.85. The van der Waals surface area contributed by atoms with E-state index in [0.29, 0.717) is 23.6 Å². The largest absolute Gasteiger partial charge is 0.493 e. The van der Waals surface area contributed by atoms with Crippen molar-refractivity contribution in [1.29, 1.82) is 0 Å². The number of hydrogen-bond donors (Lipinski definition) is 2. The van der Waals surface area contributed by atoms with Gasteiger partial charge in [0, 0.05) is 24.6 Å². The summed E-state index contributed by atoms with van der Waals surface area (Å²) in [5.41, 5.74) is 1.76. The zero-order valence-corrected chi connectivity index (χ0v) is 25.1. The van der Waals surface area contributed by atoms with E-state index in [2.05, 4.69) is 15.1 Å². The lowest BCUT2D eigenvalue weighted by molar-refractivity contribution is -0.832. The molecule has 236 valence electrons. The molecule has 1 atom stereocenters. The number of benzene rings is 3. The topological polar surface area (TPSA) is 173 Å². The van der Waals surface area contributed by atoms with Crippen molar-refractivity contribution in [3.8, 4) is 23.1 Å². The van der Waals surface area contributed by atoms with Gasteiger partial charge in [-0.2, -0.15) is 0 Å². The summed E-state index contributed by atoms with van der Waals surface area (Å²) in [5, 5.41) is 28.1. The van der Waals surface area contributed by atoms with Gasteiger partial charge in [-0.15, -0.1) is 0 Å². The fraction of sp³-hybridized carbons (Fsp3) is 0.258. The number of aryl methyl sites for hydroxylation is 1. The summed E-state index contributed by atoms with van der Waals surface area (Å²) >= 11 is 0. The summed E-state index contributed by atoms with van der Waals surface area (Å²) in [6.07, 6.45) is 1.87. The second-order valence-electron chi connectivity index (χ2n) is 9.86. The van der Waals surface area contributed by atoms with Gasteiger partial charge in [0.15, 0.2) is 11.5 Å². The minimum Gasteiger partial charge on any atom is -0.493 e. The predicted octanol–water partition coefficient (Wildman–Crippen LogP) is 2.84. The maximum Gasteiger partial charge on any atom is 0.414 e. The monoisotopic (exact) mass is 637 g/mol. The lowest BCUT2D eigenvalue weighted by atomic mass is 10.0. The number of carbonyl (C=O) groups is 1. The Morgan fingerprint density at radius 3 is 2.47 bits per heavy atom. The molecule has 1 aliphatic heterocycles. The zero-order chi connectivity index (χ0) is 31.8. The van der Waals surface area contributed by atoms with Crippen molar-refractivity contribution in [2.24, 2.45) is 0 Å². The number of methoxy groups -OCH3 is 1. The summed E-state index contributed by atoms with van der Waals surface area (Å²) in [6.45, 7) is 0.473. The van der Waals surface area contributed by atoms with Crippen molar-refractivity contribution < 1.29 is 46.8 Å². The molecule has 1 amide bonds. The summed E-state index contributed by atoms with van der Waals surface area (Å²) < 4.78 is 52.6. The third kappa shape index (κ3) is 7.36. The molecule has 1 unspecified atom stereocenters. The van der Waals surface area contributed by atoms with Crippen molar-refractivity contribution in [2.75, 3.05) is 26.9 Å². The van der Waals surface area contributed by atoms with E-state index < -0.39 is 32.9 Å². The molecule has 2 N–H and O–H groups in total. The van der Waals surface area contributed by atoms with Crippen LogP contribution in [0.5, 0.6) is 23.1 Å². The van der Waals surface area contributed by atoms with E-state index in [9.17, 15) is 23.5 Å². The number of ether oxygens (including phenoxy) is 4. The van der Waals surface area contributed by atoms with Gasteiger partial charge in [-0.25, -0.2) is 8.42 Å². The second-order valence-corrected chi connectivity index (χ2v) is 11.7. The molecule has 5 rings (SSSR count). The van der Waals surface area contributed by atoms with Gasteiger partial charge in [0.05, 0.1) is 35.9 Å². The Balaban J connectivity index is 1.16. The average molecular weight is 638 g/mol. The minimum absolute atomic E-state index is 0.0567. The Labute approximate surface area is 259 Å². The molecule has 1 aliphatic rings. The van der Waals surface area contributed by atoms with Crippen LogP contribution < -0.4 is 29.2 Å². The predicted molar refractivity (Wildman–Crippen MR) is 158 cm³/mol. The Morgan fingerprint density at radius 1 is 1.02 bits per heavy atom. The molecule has 13 nitrogen and oxygen atoms in total. The lowest BCUT2D eigenvalue weighted by Crippen LogP contribution is -2.35. The van der Waals surface area contributed by atoms with E-state index in [-0.39, 0.29) is 40.8 Å². The van der Waals surface area contributed by atoms with Crippen molar-refractivity contribution in [1.82, 2.24) is 10.5 Å². The van der Waals surface area contributed by atoms with Crippen LogP contribution in [0.2, 0.25) is 0 Å². The number of nitrogens with one attached hydrogen (secondary N) is 1. The van der Waals surface area contributed by atoms with Gasteiger partial charge >= 0.3 is 10.9 Å². The van der Waals surface area contributed by atoms with Crippen LogP contribution in [0.25, 0.3) is 6.08 Å². The third-order valence-electron chi connectivity index (χ3n) is 6.78. The van der Waals surface area contributed by atoms with Crippen LogP contribution in [0.4, 0.5) is 0 Å². The Morgan fingerprint density at radius 2 is 1.73 bits per heavy atom. The molecule has 0 saturated carbocycles. The molecule has 4 aromatic rings. The summed E-state index contributed by atoms with van der Waals surface area (Å²) in [6, 6.07) is 20.5. The molecule has 0 aliphatic carbocycles. The van der Waals surface area contributed by atoms with Crippen molar-refractivity contribution in [3.05, 3.63) is 94.7 Å². The van der Waals surface area contributed by atoms with Crippen LogP contribution in [-0.2, 0) is 21.1 Å². The molecule has 1 aromatic heterocycles. The molecule has 0 radical (unpaired) electrons. The van der Waals surface area contributed by atoms with Gasteiger partial charge in [0.1, 0.15) is 5.75 Å². The van der Waals surface area contributed by atoms with Gasteiger partial charge < -0.3 is 34.6 Å². The molecule has 14 heteroatoms. The number of carbonyl (C=O) groups excluding carboxylic acids is 1. The number of hydrogen-bond acceptors (Lipinski definition) is 11. The molecule has 0 saturated heterocycles. The molecule has 2 heterocycles. The van der Waals surface area contributed by atoms with Crippen LogP contribution >= 0.6 is 0 Å². The van der Waals surface area contributed by atoms with Gasteiger partial charge in [-0.05, 0) is 47.6 Å². The smallest absolute Gasteiger partial charge is 0.414 e. The summed E-state index contributed by atoms with van der Waals surface area (Å²) in [4.78, 5) is 12.4. The quantitative estimate of drug-likeness (QED) is 0.154. The molecule has 0 spiro atoms. The first kappa shape index (κ1) is 31.3. The number of aliphatic hydroxyl groups excluding tert-OH is 1. The lowest BCUT2D eigenvalue weighted by Gasteiger charge is -2.24. The highest BCUT2D eigenvalue weighted by Crippen LogP contribution is 2.39. The number of fused-ring (bicyclic) bond motifs is 1. The third-order valence-corrected chi connectivity index (χ3v) is 8.51. The SMILES string of the molecule is COc1cc2c(cc1OCCCOc1no[n+]([O-])c1S(=O)(=O)c1ccccc1)OC(O)C(C(=O)NCCCc1ccccc1)=C2. The highest BCUT2D eigenvalue weighted by molar-refractivity contribution is 7.91. The minimum atomic E-state index is -4.23. The number of nitrogens with zero attached hydrogens (tertiary/aromatic N) is 2. The van der Waals surface area contributed by atoms with Gasteiger partial charge in [-0.1, -0.05) is 48.5 Å². The number of amides is 1. The molecular formula is C31H31N3O10S. The number of sulfone groups is 1. The first-order valence-corrected chi connectivity index (χ1v) is 15.5. The van der Waals surface area contributed by atoms with E-state index in [1.54, 1.807) is 12.1 Å². The average Bonchev–Trinajstić information content (AvgIpc) is 3.43. The second kappa shape index (κ2) is 14.1. The van der Waals surface area contributed by atoms with Gasteiger partial charge in [0.2, 0.25) is 6.29 Å². The molecule has 45 heavy (non-hydrogen) atoms. The highest BCUT2D eigenvalue weighted by Gasteiger charge is 2.35. The van der Waals surface area contributed by atoms with Crippen molar-refractivity contribution in [3.63, 3.8) is 0 Å². The Hall–Kier alpha value is -5.08. The van der Waals surface area contributed by atoms with E-state index in [0.717, 1.165) is 12.8 Å². The molecule has 0 fully saturated rings. The number of rotatable bonds is 14. The van der Waals surface area contributed by atoms with Crippen LogP contribution in [0, 0.1) is 5.21 Å². The van der Waals surface area contributed by atoms with Crippen molar-refractivity contribution in [2.45, 2.75) is 35.5 Å². The molecular weight excluding hydrogens is 606 g/mol. The summed E-state index contributed by atoms with van der Waals surface area (Å²) in [7, 11) is -2.78. The maximum atomic E-state index is 12.9. The van der Waals surface area contributed by atoms with E-state index in [4.69, 9.17) is 18.9 Å². The van der Waals surface area contributed by atoms with Crippen LogP contribution in [0.1, 0.15) is 24.0 Å². The zero-order valence-electron chi connectivity index (χ0n) is 24.2. The van der Waals surface area contributed by atoms with Crippen molar-refractivity contribution >= 4 is 21.8 Å². The Bertz CT molecular complexity index is 1760. The van der Waals surface area contributed by atoms with Crippen LogP contribution in [0.15, 0.2) is 92.9 Å². The first-order chi connectivity index (χ1) is 21.8. The normalized spacial score (nSPS) is 14.1. The highest BCUT2D eigenvalue weighted by atomic mass is 32.2. The molecule has 0 bridgehead atoms. The number of aliphatic hydroxyl groups is 1. The van der Waals surface area contributed by atoms with Crippen LogP contribution in [0.3, 0.4) is 0 Å². The number of aromatic nitrogens is 2. The van der Waals surface area contributed by atoms with E-state index in [1.165, 1.54) is 49.1 Å². The maximum absolute atomic E-state index is 12.9.